The second-order valence-corrected chi connectivity index (χ2v) is 14.0. The lowest BCUT2D eigenvalue weighted by Gasteiger charge is -2.32. The van der Waals surface area contributed by atoms with E-state index < -0.39 is 8.07 Å². The van der Waals surface area contributed by atoms with Gasteiger partial charge in [0.25, 0.3) is 0 Å². The van der Waals surface area contributed by atoms with Gasteiger partial charge in [0.15, 0.2) is 8.07 Å². The van der Waals surface area contributed by atoms with Crippen LogP contribution < -0.4 is 10.4 Å². The van der Waals surface area contributed by atoms with E-state index in [1.807, 2.05) is 0 Å². The summed E-state index contributed by atoms with van der Waals surface area (Å²) in [6, 6.07) is 22.5. The molecule has 0 amide bonds. The average Bonchev–Trinajstić information content (AvgIpc) is 3.58. The van der Waals surface area contributed by atoms with Gasteiger partial charge in [-0.15, -0.1) is 0 Å². The maximum atomic E-state index is 5.69. The molecular weight excluding hydrogens is 448 g/mol. The molecule has 0 spiro atoms. The molecule has 0 aromatic heterocycles. The second kappa shape index (κ2) is 12.3. The summed E-state index contributed by atoms with van der Waals surface area (Å²) < 4.78 is 11.4. The Bertz CT molecular complexity index is 894. The molecule has 0 bridgehead atoms. The molecule has 188 valence electrons. The van der Waals surface area contributed by atoms with Crippen LogP contribution in [0.15, 0.2) is 83.2 Å². The van der Waals surface area contributed by atoms with Crippen molar-refractivity contribution in [2.75, 3.05) is 52.9 Å². The van der Waals surface area contributed by atoms with Crippen LogP contribution in [0.3, 0.4) is 0 Å². The molecule has 2 aliphatic rings. The van der Waals surface area contributed by atoms with Crippen molar-refractivity contribution < 1.29 is 9.47 Å². The number of hydrogen-bond donors (Lipinski definition) is 0. The molecule has 0 radical (unpaired) electrons. The van der Waals surface area contributed by atoms with Gasteiger partial charge in [-0.05, 0) is 22.2 Å². The topological polar surface area (TPSA) is 24.9 Å². The fraction of sp³-hybridized carbons (Fsp3) is 0.467. The SMILES string of the molecule is CC(C)C(=C[Si](C=C(CN1CCOC1)C(C)C)(c1ccccc1)c1ccccc1)CN1CCOC1. The smallest absolute Gasteiger partial charge is 0.165 e. The van der Waals surface area contributed by atoms with Crippen molar-refractivity contribution >= 4 is 18.4 Å². The number of nitrogens with zero attached hydrogens (tertiary/aromatic N) is 2. The minimum atomic E-state index is -2.40. The van der Waals surface area contributed by atoms with Gasteiger partial charge in [0, 0.05) is 26.2 Å². The van der Waals surface area contributed by atoms with E-state index in [2.05, 4.69) is 110 Å². The van der Waals surface area contributed by atoms with E-state index >= 15 is 0 Å². The zero-order valence-electron chi connectivity index (χ0n) is 22.0. The van der Waals surface area contributed by atoms with E-state index in [-0.39, 0.29) is 0 Å². The van der Waals surface area contributed by atoms with Crippen LogP contribution >= 0.6 is 0 Å². The van der Waals surface area contributed by atoms with Gasteiger partial charge in [-0.2, -0.15) is 0 Å². The molecule has 2 fully saturated rings. The van der Waals surface area contributed by atoms with E-state index in [1.54, 1.807) is 0 Å². The average molecular weight is 491 g/mol. The van der Waals surface area contributed by atoms with Crippen LogP contribution in [0.2, 0.25) is 0 Å². The zero-order valence-corrected chi connectivity index (χ0v) is 23.0. The summed E-state index contributed by atoms with van der Waals surface area (Å²) in [5.41, 5.74) is 8.42. The standard InChI is InChI=1S/C30H42N2O2Si/c1-25(2)27(19-31-15-17-33-23-31)21-35(29-11-7-5-8-12-29,30-13-9-6-10-14-30)22-28(26(3)4)20-32-16-18-34-24-32/h5-14,21-22,25-26H,15-20,23-24H2,1-4H3. The molecule has 5 heteroatoms. The molecule has 2 saturated heterocycles. The Kier molecular flexibility index (Phi) is 9.14. The third kappa shape index (κ3) is 6.60. The number of ether oxygens (including phenoxy) is 2. The van der Waals surface area contributed by atoms with Crippen molar-refractivity contribution in [2.45, 2.75) is 27.7 Å². The summed E-state index contributed by atoms with van der Waals surface area (Å²) in [5.74, 6) is 0.940. The summed E-state index contributed by atoms with van der Waals surface area (Å²) in [4.78, 5) is 4.88. The minimum absolute atomic E-state index is 0.470. The van der Waals surface area contributed by atoms with Crippen molar-refractivity contribution in [1.82, 2.24) is 9.80 Å². The Labute approximate surface area is 213 Å². The Morgan fingerprint density at radius 2 is 1.11 bits per heavy atom. The molecule has 2 aromatic rings. The molecular formula is C30H42N2O2Si. The number of rotatable bonds is 10. The van der Waals surface area contributed by atoms with Crippen molar-refractivity contribution in [3.63, 3.8) is 0 Å². The van der Waals surface area contributed by atoms with E-state index in [0.29, 0.717) is 11.8 Å². The predicted molar refractivity (Wildman–Crippen MR) is 149 cm³/mol. The summed E-state index contributed by atoms with van der Waals surface area (Å²) >= 11 is 0. The monoisotopic (exact) mass is 490 g/mol. The Balaban J connectivity index is 1.90. The van der Waals surface area contributed by atoms with Crippen molar-refractivity contribution in [3.8, 4) is 0 Å². The maximum Gasteiger partial charge on any atom is 0.165 e. The van der Waals surface area contributed by atoms with Gasteiger partial charge in [-0.25, -0.2) is 0 Å². The molecule has 0 saturated carbocycles. The molecule has 0 N–H and O–H groups in total. The fourth-order valence-corrected chi connectivity index (χ4v) is 9.60. The van der Waals surface area contributed by atoms with Crippen molar-refractivity contribution in [2.24, 2.45) is 11.8 Å². The number of hydrogen-bond acceptors (Lipinski definition) is 4. The highest BCUT2D eigenvalue weighted by molar-refractivity contribution is 7.09. The van der Waals surface area contributed by atoms with Crippen LogP contribution in [0, 0.1) is 11.8 Å². The zero-order chi connectivity index (χ0) is 24.7. The summed E-state index contributed by atoms with van der Waals surface area (Å²) in [6.45, 7) is 16.5. The minimum Gasteiger partial charge on any atom is -0.365 e. The van der Waals surface area contributed by atoms with E-state index in [9.17, 15) is 0 Å². The molecule has 4 rings (SSSR count). The molecule has 35 heavy (non-hydrogen) atoms. The third-order valence-electron chi connectivity index (χ3n) is 7.28. The first-order chi connectivity index (χ1) is 17.0. The molecule has 0 atom stereocenters. The molecule has 0 unspecified atom stereocenters. The largest absolute Gasteiger partial charge is 0.365 e. The molecule has 4 nitrogen and oxygen atoms in total. The van der Waals surface area contributed by atoms with Gasteiger partial charge >= 0.3 is 0 Å². The van der Waals surface area contributed by atoms with E-state index in [4.69, 9.17) is 9.47 Å². The van der Waals surface area contributed by atoms with Crippen LogP contribution in [0.4, 0.5) is 0 Å². The van der Waals surface area contributed by atoms with Crippen LogP contribution in [0.1, 0.15) is 27.7 Å². The normalized spacial score (nSPS) is 18.8. The van der Waals surface area contributed by atoms with Gasteiger partial charge in [-0.3, -0.25) is 9.80 Å². The fourth-order valence-electron chi connectivity index (χ4n) is 5.01. The molecule has 2 aromatic carbocycles. The van der Waals surface area contributed by atoms with Gasteiger partial charge in [-0.1, -0.05) is 111 Å². The van der Waals surface area contributed by atoms with E-state index in [0.717, 1.165) is 52.9 Å². The van der Waals surface area contributed by atoms with Gasteiger partial charge in [0.1, 0.15) is 0 Å². The van der Waals surface area contributed by atoms with Crippen LogP contribution in [0.25, 0.3) is 0 Å². The van der Waals surface area contributed by atoms with Crippen LogP contribution in [-0.2, 0) is 9.47 Å². The lowest BCUT2D eigenvalue weighted by molar-refractivity contribution is 0.144. The Hall–Kier alpha value is -2.02. The van der Waals surface area contributed by atoms with Gasteiger partial charge in [0.2, 0.25) is 0 Å². The summed E-state index contributed by atoms with van der Waals surface area (Å²) in [6.07, 6.45) is 0. The van der Waals surface area contributed by atoms with Crippen LogP contribution in [0.5, 0.6) is 0 Å². The Morgan fingerprint density at radius 1 is 0.714 bits per heavy atom. The second-order valence-electron chi connectivity index (χ2n) is 10.5. The number of benzene rings is 2. The quantitative estimate of drug-likeness (QED) is 0.469. The summed E-state index contributed by atoms with van der Waals surface area (Å²) in [7, 11) is -2.40. The highest BCUT2D eigenvalue weighted by Crippen LogP contribution is 2.23. The van der Waals surface area contributed by atoms with Crippen LogP contribution in [-0.4, -0.2) is 70.7 Å². The van der Waals surface area contributed by atoms with Gasteiger partial charge < -0.3 is 9.47 Å². The molecule has 2 heterocycles. The maximum absolute atomic E-state index is 5.69. The third-order valence-corrected chi connectivity index (χ3v) is 11.5. The predicted octanol–water partition coefficient (Wildman–Crippen LogP) is 4.07. The first-order valence-electron chi connectivity index (χ1n) is 13.1. The highest BCUT2D eigenvalue weighted by atomic mass is 28.3. The molecule has 0 aliphatic carbocycles. The highest BCUT2D eigenvalue weighted by Gasteiger charge is 2.35. The van der Waals surface area contributed by atoms with E-state index in [1.165, 1.54) is 21.5 Å². The first kappa shape index (κ1) is 26.1. The first-order valence-corrected chi connectivity index (χ1v) is 15.3. The summed E-state index contributed by atoms with van der Waals surface area (Å²) in [5, 5.41) is 2.88. The lowest BCUT2D eigenvalue weighted by atomic mass is 10.1. The lowest BCUT2D eigenvalue weighted by Crippen LogP contribution is -2.57. The van der Waals surface area contributed by atoms with Crippen molar-refractivity contribution in [3.05, 3.63) is 83.2 Å². The molecule has 2 aliphatic heterocycles. The van der Waals surface area contributed by atoms with Crippen molar-refractivity contribution in [1.29, 1.82) is 0 Å². The Morgan fingerprint density at radius 3 is 1.43 bits per heavy atom. The van der Waals surface area contributed by atoms with Gasteiger partial charge in [0.05, 0.1) is 26.7 Å².